The number of aromatic carboxylic acids is 1. The summed E-state index contributed by atoms with van der Waals surface area (Å²) >= 11 is 0.994. The van der Waals surface area contributed by atoms with Crippen molar-refractivity contribution in [1.29, 1.82) is 0 Å². The van der Waals surface area contributed by atoms with Crippen molar-refractivity contribution in [2.45, 2.75) is 10.6 Å². The average Bonchev–Trinajstić information content (AvgIpc) is 2.41. The summed E-state index contributed by atoms with van der Waals surface area (Å²) in [5, 5.41) is 17.9. The molecule has 0 spiro atoms. The summed E-state index contributed by atoms with van der Waals surface area (Å²) in [5.74, 6) is -1.82. The Morgan fingerprint density at radius 1 is 1.35 bits per heavy atom. The van der Waals surface area contributed by atoms with Crippen molar-refractivity contribution in [3.05, 3.63) is 57.9 Å². The Kier molecular flexibility index (Phi) is 4.09. The first kappa shape index (κ1) is 14.1. The number of benzene rings is 1. The lowest BCUT2D eigenvalue weighted by atomic mass is 10.2. The van der Waals surface area contributed by atoms with E-state index in [4.69, 9.17) is 14.6 Å². The second-order valence-corrected chi connectivity index (χ2v) is 4.85. The number of thioether (sulfide) groups is 1. The van der Waals surface area contributed by atoms with Crippen LogP contribution in [0.5, 0.6) is 5.75 Å². The maximum Gasteiger partial charge on any atom is 0.335 e. The molecule has 104 valence electrons. The van der Waals surface area contributed by atoms with E-state index in [2.05, 4.69) is 0 Å². The number of carboxylic acids is 1. The molecule has 2 N–H and O–H groups in total. The molecule has 0 amide bonds. The van der Waals surface area contributed by atoms with Gasteiger partial charge in [0.15, 0.2) is 5.75 Å². The summed E-state index contributed by atoms with van der Waals surface area (Å²) in [4.78, 5) is 22.1. The zero-order valence-electron chi connectivity index (χ0n) is 10.00. The van der Waals surface area contributed by atoms with E-state index in [0.29, 0.717) is 0 Å². The van der Waals surface area contributed by atoms with Gasteiger partial charge >= 0.3 is 5.97 Å². The van der Waals surface area contributed by atoms with E-state index in [1.54, 1.807) is 0 Å². The highest BCUT2D eigenvalue weighted by Gasteiger charge is 2.10. The molecule has 5 nitrogen and oxygen atoms in total. The van der Waals surface area contributed by atoms with Gasteiger partial charge in [0, 0.05) is 11.0 Å². The molecule has 20 heavy (non-hydrogen) atoms. The fraction of sp³-hybridized carbons (Fsp3) is 0.0769. The molecule has 2 aromatic rings. The van der Waals surface area contributed by atoms with Gasteiger partial charge in [-0.05, 0) is 18.2 Å². The average molecular weight is 296 g/mol. The van der Waals surface area contributed by atoms with Crippen molar-refractivity contribution >= 4 is 17.7 Å². The van der Waals surface area contributed by atoms with Gasteiger partial charge in [0.2, 0.25) is 5.43 Å². The predicted molar refractivity (Wildman–Crippen MR) is 69.6 cm³/mol. The van der Waals surface area contributed by atoms with Gasteiger partial charge in [-0.25, -0.2) is 9.18 Å². The van der Waals surface area contributed by atoms with Gasteiger partial charge in [0.05, 0.1) is 11.3 Å². The number of carbonyl (C=O) groups is 1. The van der Waals surface area contributed by atoms with E-state index in [9.17, 15) is 14.0 Å². The van der Waals surface area contributed by atoms with Gasteiger partial charge < -0.3 is 14.6 Å². The molecule has 7 heteroatoms. The Hall–Kier alpha value is -2.28. The lowest BCUT2D eigenvalue weighted by Gasteiger charge is -2.04. The van der Waals surface area contributed by atoms with Crippen LogP contribution in [0.2, 0.25) is 0 Å². The molecule has 2 rings (SSSR count). The van der Waals surface area contributed by atoms with Crippen LogP contribution < -0.4 is 5.43 Å². The van der Waals surface area contributed by atoms with Gasteiger partial charge in [0.25, 0.3) is 0 Å². The first-order valence-electron chi connectivity index (χ1n) is 5.43. The standard InChI is InChI=1S/C13H9FO5S/c14-9-2-1-7(13(17)18)3-12(9)20-6-8-4-10(15)11(16)5-19-8/h1-5,16H,6H2,(H,17,18). The van der Waals surface area contributed by atoms with Crippen molar-refractivity contribution in [3.8, 4) is 5.75 Å². The molecule has 0 aliphatic carbocycles. The summed E-state index contributed by atoms with van der Waals surface area (Å²) in [6.07, 6.45) is 0.905. The molecule has 0 radical (unpaired) electrons. The highest BCUT2D eigenvalue weighted by Crippen LogP contribution is 2.26. The van der Waals surface area contributed by atoms with Gasteiger partial charge in [0.1, 0.15) is 17.8 Å². The molecule has 0 saturated heterocycles. The molecule has 0 aliphatic rings. The molecule has 0 bridgehead atoms. The number of aromatic hydroxyl groups is 1. The van der Waals surface area contributed by atoms with E-state index in [0.717, 1.165) is 30.2 Å². The number of halogens is 1. The van der Waals surface area contributed by atoms with Gasteiger partial charge in [-0.2, -0.15) is 0 Å². The summed E-state index contributed by atoms with van der Waals surface area (Å²) in [5.41, 5.74) is -0.618. The molecule has 1 aromatic carbocycles. The van der Waals surface area contributed by atoms with Crippen LogP contribution in [0.4, 0.5) is 4.39 Å². The van der Waals surface area contributed by atoms with E-state index in [1.807, 2.05) is 0 Å². The molecule has 0 aliphatic heterocycles. The molecule has 0 atom stereocenters. The maximum atomic E-state index is 13.5. The van der Waals surface area contributed by atoms with Gasteiger partial charge in [-0.3, -0.25) is 4.79 Å². The lowest BCUT2D eigenvalue weighted by molar-refractivity contribution is 0.0696. The van der Waals surface area contributed by atoms with E-state index >= 15 is 0 Å². The fourth-order valence-electron chi connectivity index (χ4n) is 1.42. The van der Waals surface area contributed by atoms with Crippen LogP contribution in [0.15, 0.2) is 44.6 Å². The van der Waals surface area contributed by atoms with E-state index in [1.165, 1.54) is 12.1 Å². The van der Waals surface area contributed by atoms with Crippen molar-refractivity contribution in [2.75, 3.05) is 0 Å². The Balaban J connectivity index is 2.18. The van der Waals surface area contributed by atoms with Crippen LogP contribution in [-0.4, -0.2) is 16.2 Å². The largest absolute Gasteiger partial charge is 0.502 e. The van der Waals surface area contributed by atoms with Crippen molar-refractivity contribution < 1.29 is 23.8 Å². The third-order valence-corrected chi connectivity index (χ3v) is 3.47. The van der Waals surface area contributed by atoms with Gasteiger partial charge in [-0.15, -0.1) is 11.8 Å². The summed E-state index contributed by atoms with van der Waals surface area (Å²) < 4.78 is 18.5. The molecule has 1 aromatic heterocycles. The Morgan fingerprint density at radius 2 is 2.10 bits per heavy atom. The smallest absolute Gasteiger partial charge is 0.335 e. The lowest BCUT2D eigenvalue weighted by Crippen LogP contribution is -2.00. The highest BCUT2D eigenvalue weighted by atomic mass is 32.2. The Bertz CT molecular complexity index is 710. The van der Waals surface area contributed by atoms with Gasteiger partial charge in [-0.1, -0.05) is 0 Å². The number of rotatable bonds is 4. The quantitative estimate of drug-likeness (QED) is 0.843. The predicted octanol–water partition coefficient (Wildman–Crippen LogP) is 2.48. The number of hydrogen-bond acceptors (Lipinski definition) is 5. The number of hydrogen-bond donors (Lipinski definition) is 2. The van der Waals surface area contributed by atoms with Crippen LogP contribution in [0, 0.1) is 5.82 Å². The topological polar surface area (TPSA) is 87.7 Å². The zero-order valence-corrected chi connectivity index (χ0v) is 10.8. The second kappa shape index (κ2) is 5.79. The van der Waals surface area contributed by atoms with E-state index in [-0.39, 0.29) is 22.0 Å². The SMILES string of the molecule is O=C(O)c1ccc(F)c(SCc2cc(=O)c(O)co2)c1. The maximum absolute atomic E-state index is 13.5. The fourth-order valence-corrected chi connectivity index (χ4v) is 2.28. The molecular formula is C13H9FO5S. The Morgan fingerprint density at radius 3 is 2.75 bits per heavy atom. The third kappa shape index (κ3) is 3.18. The molecule has 0 unspecified atom stereocenters. The van der Waals surface area contributed by atoms with Crippen LogP contribution in [0.25, 0.3) is 0 Å². The number of carboxylic acid groups (broad SMARTS) is 1. The minimum Gasteiger partial charge on any atom is -0.502 e. The molecule has 0 saturated carbocycles. The first-order valence-corrected chi connectivity index (χ1v) is 6.42. The van der Waals surface area contributed by atoms with Crippen molar-refractivity contribution in [1.82, 2.24) is 0 Å². The van der Waals surface area contributed by atoms with E-state index < -0.39 is 23.0 Å². The molecular weight excluding hydrogens is 287 g/mol. The van der Waals surface area contributed by atoms with Crippen LogP contribution in [0.3, 0.4) is 0 Å². The first-order chi connectivity index (χ1) is 9.47. The van der Waals surface area contributed by atoms with Crippen molar-refractivity contribution in [2.24, 2.45) is 0 Å². The third-order valence-electron chi connectivity index (χ3n) is 2.41. The molecule has 1 heterocycles. The minimum atomic E-state index is -1.15. The zero-order chi connectivity index (χ0) is 14.7. The normalized spacial score (nSPS) is 10.4. The second-order valence-electron chi connectivity index (χ2n) is 3.83. The highest BCUT2D eigenvalue weighted by molar-refractivity contribution is 7.98. The Labute approximate surface area is 116 Å². The van der Waals surface area contributed by atoms with Crippen LogP contribution in [0.1, 0.15) is 16.1 Å². The monoisotopic (exact) mass is 296 g/mol. The minimum absolute atomic E-state index is 0.0268. The van der Waals surface area contributed by atoms with Crippen LogP contribution in [-0.2, 0) is 5.75 Å². The summed E-state index contributed by atoms with van der Waals surface area (Å²) in [6.45, 7) is 0. The summed E-state index contributed by atoms with van der Waals surface area (Å²) in [7, 11) is 0. The van der Waals surface area contributed by atoms with Crippen LogP contribution >= 0.6 is 11.8 Å². The summed E-state index contributed by atoms with van der Waals surface area (Å²) in [6, 6.07) is 4.54. The van der Waals surface area contributed by atoms with Crippen molar-refractivity contribution in [3.63, 3.8) is 0 Å². The molecule has 0 fully saturated rings.